The van der Waals surface area contributed by atoms with Gasteiger partial charge in [0.15, 0.2) is 5.76 Å². The maximum absolute atomic E-state index is 12.3. The molecule has 1 aliphatic rings. The first kappa shape index (κ1) is 19.7. The lowest BCUT2D eigenvalue weighted by molar-refractivity contribution is -0.120. The van der Waals surface area contributed by atoms with Crippen molar-refractivity contribution >= 4 is 33.4 Å². The van der Waals surface area contributed by atoms with Gasteiger partial charge in [0.05, 0.1) is 12.0 Å². The van der Waals surface area contributed by atoms with Crippen LogP contribution in [0.5, 0.6) is 0 Å². The summed E-state index contributed by atoms with van der Waals surface area (Å²) in [6, 6.07) is 3.22. The van der Waals surface area contributed by atoms with Crippen molar-refractivity contribution in [1.29, 1.82) is 0 Å². The third-order valence-corrected chi connectivity index (χ3v) is 6.01. The third kappa shape index (κ3) is 5.72. The molecule has 0 spiro atoms. The first-order valence-corrected chi connectivity index (χ1v) is 10.2. The number of hydrogen-bond donors (Lipinski definition) is 1. The summed E-state index contributed by atoms with van der Waals surface area (Å²) < 4.78 is 31.1. The Balaban J connectivity index is 1.77. The molecular weight excluding hydrogens is 370 g/mol. The van der Waals surface area contributed by atoms with Crippen molar-refractivity contribution in [2.75, 3.05) is 44.4 Å². The molecule has 10 heteroatoms. The highest BCUT2D eigenvalue weighted by Gasteiger charge is 2.29. The molecule has 0 atom stereocenters. The molecule has 0 aromatic carbocycles. The second-order valence-electron chi connectivity index (χ2n) is 5.63. The summed E-state index contributed by atoms with van der Waals surface area (Å²) in [5.74, 6) is 0.0349. The van der Waals surface area contributed by atoms with Gasteiger partial charge in [-0.2, -0.15) is 4.31 Å². The van der Waals surface area contributed by atoms with Gasteiger partial charge in [0, 0.05) is 45.0 Å². The van der Waals surface area contributed by atoms with Gasteiger partial charge in [-0.3, -0.25) is 9.59 Å². The van der Waals surface area contributed by atoms with E-state index in [-0.39, 0.29) is 49.4 Å². The van der Waals surface area contributed by atoms with Crippen LogP contribution in [-0.4, -0.2) is 73.8 Å². The first-order chi connectivity index (χ1) is 11.9. The normalized spacial score (nSPS) is 16.0. The molecule has 1 saturated heterocycles. The van der Waals surface area contributed by atoms with Crippen LogP contribution in [0.15, 0.2) is 22.8 Å². The van der Waals surface area contributed by atoms with Gasteiger partial charge in [-0.25, -0.2) is 8.42 Å². The van der Waals surface area contributed by atoms with Gasteiger partial charge in [0.1, 0.15) is 0 Å². The maximum atomic E-state index is 12.3. The Hall–Kier alpha value is -1.58. The molecule has 8 nitrogen and oxygen atoms in total. The predicted octanol–water partition coefficient (Wildman–Crippen LogP) is 0.502. The Labute approximate surface area is 152 Å². The number of rotatable bonds is 8. The van der Waals surface area contributed by atoms with Gasteiger partial charge >= 0.3 is 0 Å². The standard InChI is InChI=1S/C15H22ClN3O5S/c16-5-1-4-14(20)17-6-12-25(22,23)19-9-7-18(8-10-19)15(21)13-3-2-11-24-13/h2-3,11H,1,4-10,12H2,(H,17,20). The average molecular weight is 392 g/mol. The Morgan fingerprint density at radius 1 is 1.24 bits per heavy atom. The molecule has 1 aromatic rings. The molecule has 2 rings (SSSR count). The van der Waals surface area contributed by atoms with E-state index in [1.54, 1.807) is 17.0 Å². The highest BCUT2D eigenvalue weighted by atomic mass is 35.5. The van der Waals surface area contributed by atoms with Crippen LogP contribution in [0.1, 0.15) is 23.4 Å². The van der Waals surface area contributed by atoms with Gasteiger partial charge in [-0.1, -0.05) is 0 Å². The molecule has 1 aromatic heterocycles. The van der Waals surface area contributed by atoms with E-state index in [1.807, 2.05) is 0 Å². The molecule has 0 saturated carbocycles. The molecule has 1 fully saturated rings. The summed E-state index contributed by atoms with van der Waals surface area (Å²) in [6.45, 7) is 1.14. The van der Waals surface area contributed by atoms with Gasteiger partial charge < -0.3 is 14.6 Å². The smallest absolute Gasteiger partial charge is 0.289 e. The zero-order valence-corrected chi connectivity index (χ0v) is 15.4. The highest BCUT2D eigenvalue weighted by Crippen LogP contribution is 2.12. The Bertz CT molecular complexity index is 669. The molecular formula is C15H22ClN3O5S. The van der Waals surface area contributed by atoms with Crippen LogP contribution >= 0.6 is 11.6 Å². The molecule has 0 radical (unpaired) electrons. The average Bonchev–Trinajstić information content (AvgIpc) is 3.14. The predicted molar refractivity (Wildman–Crippen MR) is 92.9 cm³/mol. The molecule has 1 N–H and O–H groups in total. The van der Waals surface area contributed by atoms with Crippen LogP contribution in [0.3, 0.4) is 0 Å². The van der Waals surface area contributed by atoms with Crippen molar-refractivity contribution in [3.8, 4) is 0 Å². The van der Waals surface area contributed by atoms with Crippen molar-refractivity contribution in [3.05, 3.63) is 24.2 Å². The molecule has 140 valence electrons. The fourth-order valence-corrected chi connectivity index (χ4v) is 3.96. The second-order valence-corrected chi connectivity index (χ2v) is 8.09. The minimum absolute atomic E-state index is 0.0645. The Morgan fingerprint density at radius 2 is 1.96 bits per heavy atom. The minimum Gasteiger partial charge on any atom is -0.459 e. The van der Waals surface area contributed by atoms with Crippen LogP contribution in [0.4, 0.5) is 0 Å². The molecule has 0 bridgehead atoms. The van der Waals surface area contributed by atoms with E-state index < -0.39 is 10.0 Å². The summed E-state index contributed by atoms with van der Waals surface area (Å²) in [4.78, 5) is 25.2. The van der Waals surface area contributed by atoms with Crippen molar-refractivity contribution in [3.63, 3.8) is 0 Å². The van der Waals surface area contributed by atoms with E-state index in [0.717, 1.165) is 0 Å². The topological polar surface area (TPSA) is 99.9 Å². The van der Waals surface area contributed by atoms with E-state index in [2.05, 4.69) is 5.32 Å². The monoisotopic (exact) mass is 391 g/mol. The van der Waals surface area contributed by atoms with Crippen LogP contribution in [0, 0.1) is 0 Å². The van der Waals surface area contributed by atoms with Crippen LogP contribution in [0.25, 0.3) is 0 Å². The number of sulfonamides is 1. The second kappa shape index (κ2) is 9.21. The third-order valence-electron chi connectivity index (χ3n) is 3.87. The zero-order chi connectivity index (χ0) is 18.3. The quantitative estimate of drug-likeness (QED) is 0.650. The molecule has 25 heavy (non-hydrogen) atoms. The summed E-state index contributed by atoms with van der Waals surface area (Å²) in [7, 11) is -3.47. The van der Waals surface area contributed by atoms with Gasteiger partial charge in [-0.15, -0.1) is 11.6 Å². The van der Waals surface area contributed by atoms with E-state index in [1.165, 1.54) is 10.6 Å². The largest absolute Gasteiger partial charge is 0.459 e. The maximum Gasteiger partial charge on any atom is 0.289 e. The van der Waals surface area contributed by atoms with Gasteiger partial charge in [0.25, 0.3) is 5.91 Å². The fourth-order valence-electron chi connectivity index (χ4n) is 2.49. The van der Waals surface area contributed by atoms with Crippen molar-refractivity contribution in [2.24, 2.45) is 0 Å². The zero-order valence-electron chi connectivity index (χ0n) is 13.8. The number of nitrogens with one attached hydrogen (secondary N) is 1. The Kier molecular flexibility index (Phi) is 7.27. The molecule has 0 unspecified atom stereocenters. The van der Waals surface area contributed by atoms with E-state index in [9.17, 15) is 18.0 Å². The lowest BCUT2D eigenvalue weighted by Crippen LogP contribution is -2.51. The van der Waals surface area contributed by atoms with Gasteiger partial charge in [-0.05, 0) is 18.6 Å². The number of amides is 2. The number of halogens is 1. The van der Waals surface area contributed by atoms with E-state index >= 15 is 0 Å². The van der Waals surface area contributed by atoms with Crippen LogP contribution in [-0.2, 0) is 14.8 Å². The SMILES string of the molecule is O=C(CCCCl)NCCS(=O)(=O)N1CCN(C(=O)c2ccco2)CC1. The van der Waals surface area contributed by atoms with Crippen LogP contribution in [0.2, 0.25) is 0 Å². The number of alkyl halides is 1. The number of nitrogens with zero attached hydrogens (tertiary/aromatic N) is 2. The number of carbonyl (C=O) groups is 2. The lowest BCUT2D eigenvalue weighted by Gasteiger charge is -2.33. The Morgan fingerprint density at radius 3 is 2.56 bits per heavy atom. The van der Waals surface area contributed by atoms with Crippen LogP contribution < -0.4 is 5.32 Å². The molecule has 1 aliphatic heterocycles. The van der Waals surface area contributed by atoms with E-state index in [0.29, 0.717) is 25.4 Å². The highest BCUT2D eigenvalue weighted by molar-refractivity contribution is 7.89. The first-order valence-electron chi connectivity index (χ1n) is 8.07. The summed E-state index contributed by atoms with van der Waals surface area (Å²) in [6.07, 6.45) is 2.28. The fraction of sp³-hybridized carbons (Fsp3) is 0.600. The number of furan rings is 1. The van der Waals surface area contributed by atoms with Crippen molar-refractivity contribution < 1.29 is 22.4 Å². The minimum atomic E-state index is -3.47. The summed E-state index contributed by atoms with van der Waals surface area (Å²) in [5, 5.41) is 2.58. The molecule has 0 aliphatic carbocycles. The summed E-state index contributed by atoms with van der Waals surface area (Å²) >= 11 is 5.50. The number of hydrogen-bond acceptors (Lipinski definition) is 5. The number of piperazine rings is 1. The molecule has 2 heterocycles. The van der Waals surface area contributed by atoms with Crippen molar-refractivity contribution in [2.45, 2.75) is 12.8 Å². The summed E-state index contributed by atoms with van der Waals surface area (Å²) in [5.41, 5.74) is 0. The number of carbonyl (C=O) groups excluding carboxylic acids is 2. The molecule has 2 amide bonds. The van der Waals surface area contributed by atoms with Crippen molar-refractivity contribution in [1.82, 2.24) is 14.5 Å². The van der Waals surface area contributed by atoms with Gasteiger partial charge in [0.2, 0.25) is 15.9 Å². The lowest BCUT2D eigenvalue weighted by atomic mass is 10.3. The van der Waals surface area contributed by atoms with E-state index in [4.69, 9.17) is 16.0 Å².